The molecule has 110 valence electrons. The van der Waals surface area contributed by atoms with E-state index >= 15 is 0 Å². The lowest BCUT2D eigenvalue weighted by Gasteiger charge is -2.27. The quantitative estimate of drug-likeness (QED) is 0.789. The Balaban J connectivity index is 1.33. The van der Waals surface area contributed by atoms with Gasteiger partial charge in [-0.05, 0) is 37.1 Å². The monoisotopic (exact) mass is 284 g/mol. The van der Waals surface area contributed by atoms with Crippen molar-refractivity contribution < 1.29 is 4.74 Å². The number of rotatable bonds is 5. The topological polar surface area (TPSA) is 42.9 Å². The molecule has 2 aromatic rings. The van der Waals surface area contributed by atoms with E-state index in [0.717, 1.165) is 29.8 Å². The highest BCUT2D eigenvalue weighted by Crippen LogP contribution is 2.33. The molecule has 1 saturated carbocycles. The van der Waals surface area contributed by atoms with E-state index in [1.807, 2.05) is 31.3 Å². The van der Waals surface area contributed by atoms with Gasteiger partial charge in [0.25, 0.3) is 0 Å². The van der Waals surface area contributed by atoms with Crippen molar-refractivity contribution in [2.45, 2.75) is 31.3 Å². The van der Waals surface area contributed by atoms with Gasteiger partial charge in [0.05, 0.1) is 6.04 Å². The Morgan fingerprint density at radius 3 is 2.67 bits per heavy atom. The molecule has 0 radical (unpaired) electrons. The van der Waals surface area contributed by atoms with Crippen molar-refractivity contribution >= 4 is 0 Å². The molecule has 2 fully saturated rings. The molecule has 2 aliphatic rings. The summed E-state index contributed by atoms with van der Waals surface area (Å²) in [4.78, 5) is 6.82. The van der Waals surface area contributed by atoms with Crippen LogP contribution in [0.5, 0.6) is 5.75 Å². The molecule has 4 rings (SSSR count). The highest BCUT2D eigenvalue weighted by molar-refractivity contribution is 5.56. The molecular weight excluding hydrogens is 264 g/mol. The lowest BCUT2D eigenvalue weighted by Crippen LogP contribution is -2.29. The first kappa shape index (κ1) is 12.8. The third kappa shape index (κ3) is 2.53. The summed E-state index contributed by atoms with van der Waals surface area (Å²) in [5.74, 6) is 1.81. The van der Waals surface area contributed by atoms with Crippen LogP contribution >= 0.6 is 0 Å². The van der Waals surface area contributed by atoms with Crippen molar-refractivity contribution in [3.8, 4) is 17.1 Å². The fourth-order valence-corrected chi connectivity index (χ4v) is 2.96. The fraction of sp³-hybridized carbons (Fsp3) is 0.500. The maximum Gasteiger partial charge on any atom is 0.157 e. The van der Waals surface area contributed by atoms with Gasteiger partial charge in [0.1, 0.15) is 18.7 Å². The van der Waals surface area contributed by atoms with E-state index in [9.17, 15) is 0 Å². The highest BCUT2D eigenvalue weighted by atomic mass is 16.5. The van der Waals surface area contributed by atoms with Gasteiger partial charge in [-0.2, -0.15) is 5.10 Å². The molecule has 21 heavy (non-hydrogen) atoms. The Hall–Kier alpha value is -1.88. The number of benzene rings is 1. The van der Waals surface area contributed by atoms with Crippen molar-refractivity contribution in [3.63, 3.8) is 0 Å². The van der Waals surface area contributed by atoms with Gasteiger partial charge in [0, 0.05) is 25.2 Å². The van der Waals surface area contributed by atoms with Gasteiger partial charge in [-0.1, -0.05) is 6.42 Å². The van der Waals surface area contributed by atoms with Crippen molar-refractivity contribution in [3.05, 3.63) is 30.6 Å². The van der Waals surface area contributed by atoms with Gasteiger partial charge in [-0.15, -0.1) is 0 Å². The Bertz CT molecular complexity index is 617. The highest BCUT2D eigenvalue weighted by Gasteiger charge is 2.42. The van der Waals surface area contributed by atoms with E-state index < -0.39 is 0 Å². The molecule has 5 nitrogen and oxygen atoms in total. The van der Waals surface area contributed by atoms with Crippen molar-refractivity contribution in [1.82, 2.24) is 19.7 Å². The lowest BCUT2D eigenvalue weighted by molar-refractivity contribution is 0.215. The van der Waals surface area contributed by atoms with Crippen LogP contribution in [-0.4, -0.2) is 44.9 Å². The number of aromatic nitrogens is 3. The molecule has 0 amide bonds. The van der Waals surface area contributed by atoms with Gasteiger partial charge in [0.2, 0.25) is 0 Å². The summed E-state index contributed by atoms with van der Waals surface area (Å²) in [5, 5.41) is 4.09. The largest absolute Gasteiger partial charge is 0.492 e. The second-order valence-corrected chi connectivity index (χ2v) is 5.98. The number of ether oxygens (including phenoxy) is 1. The molecule has 1 aliphatic carbocycles. The molecule has 2 unspecified atom stereocenters. The molecular formula is C16H20N4O. The van der Waals surface area contributed by atoms with E-state index in [0.29, 0.717) is 6.04 Å². The summed E-state index contributed by atoms with van der Waals surface area (Å²) in [6.45, 7) is 2.02. The van der Waals surface area contributed by atoms with Crippen molar-refractivity contribution in [2.24, 2.45) is 7.05 Å². The standard InChI is InChI=1S/C16H20N4O/c1-19-16(17-11-18-19)12-5-7-15(8-6-12)21-10-14-9-20(14)13-3-2-4-13/h5-8,11,13-14H,2-4,9-10H2,1H3. The first-order valence-electron chi connectivity index (χ1n) is 7.64. The maximum absolute atomic E-state index is 5.90. The third-order valence-corrected chi connectivity index (χ3v) is 4.57. The van der Waals surface area contributed by atoms with Crippen LogP contribution in [0.15, 0.2) is 30.6 Å². The first-order valence-corrected chi connectivity index (χ1v) is 7.64. The van der Waals surface area contributed by atoms with Crippen LogP contribution in [0, 0.1) is 0 Å². The van der Waals surface area contributed by atoms with Crippen LogP contribution in [0.4, 0.5) is 0 Å². The molecule has 0 N–H and O–H groups in total. The molecule has 0 spiro atoms. The fourth-order valence-electron chi connectivity index (χ4n) is 2.96. The summed E-state index contributed by atoms with van der Waals surface area (Å²) in [6.07, 6.45) is 5.73. The van der Waals surface area contributed by atoms with E-state index in [-0.39, 0.29) is 0 Å². The Kier molecular flexibility index (Phi) is 3.15. The van der Waals surface area contributed by atoms with Crippen molar-refractivity contribution in [2.75, 3.05) is 13.2 Å². The molecule has 1 aromatic heterocycles. The predicted molar refractivity (Wildman–Crippen MR) is 80.1 cm³/mol. The van der Waals surface area contributed by atoms with Crippen LogP contribution < -0.4 is 4.74 Å². The molecule has 1 saturated heterocycles. The maximum atomic E-state index is 5.90. The van der Waals surface area contributed by atoms with Crippen LogP contribution in [0.3, 0.4) is 0 Å². The minimum Gasteiger partial charge on any atom is -0.492 e. The number of hydrogen-bond acceptors (Lipinski definition) is 4. The Morgan fingerprint density at radius 1 is 1.24 bits per heavy atom. The van der Waals surface area contributed by atoms with Crippen molar-refractivity contribution in [1.29, 1.82) is 0 Å². The van der Waals surface area contributed by atoms with Crippen LogP contribution in [-0.2, 0) is 7.05 Å². The van der Waals surface area contributed by atoms with Gasteiger partial charge in [-0.25, -0.2) is 9.67 Å². The molecule has 1 aromatic carbocycles. The van der Waals surface area contributed by atoms with Gasteiger partial charge >= 0.3 is 0 Å². The number of aryl methyl sites for hydroxylation is 1. The van der Waals surface area contributed by atoms with Crippen LogP contribution in [0.2, 0.25) is 0 Å². The first-order chi connectivity index (χ1) is 10.3. The van der Waals surface area contributed by atoms with E-state index in [1.54, 1.807) is 11.0 Å². The molecule has 2 heterocycles. The van der Waals surface area contributed by atoms with E-state index in [2.05, 4.69) is 15.0 Å². The second-order valence-electron chi connectivity index (χ2n) is 5.98. The zero-order valence-electron chi connectivity index (χ0n) is 12.3. The average Bonchev–Trinajstić information content (AvgIpc) is 3.06. The second kappa shape index (κ2) is 5.15. The zero-order chi connectivity index (χ0) is 14.2. The molecule has 1 aliphatic heterocycles. The third-order valence-electron chi connectivity index (χ3n) is 4.57. The number of hydrogen-bond donors (Lipinski definition) is 0. The lowest BCUT2D eigenvalue weighted by atomic mass is 9.93. The summed E-state index contributed by atoms with van der Waals surface area (Å²) >= 11 is 0. The summed E-state index contributed by atoms with van der Waals surface area (Å²) in [7, 11) is 1.90. The van der Waals surface area contributed by atoms with E-state index in [4.69, 9.17) is 4.74 Å². The predicted octanol–water partition coefficient (Wildman–Crippen LogP) is 2.10. The minimum absolute atomic E-state index is 0.633. The van der Waals surface area contributed by atoms with E-state index in [1.165, 1.54) is 25.8 Å². The van der Waals surface area contributed by atoms with Crippen LogP contribution in [0.1, 0.15) is 19.3 Å². The molecule has 2 atom stereocenters. The summed E-state index contributed by atoms with van der Waals surface area (Å²) in [6, 6.07) is 9.58. The molecule has 5 heteroatoms. The van der Waals surface area contributed by atoms with Gasteiger partial charge < -0.3 is 4.74 Å². The normalized spacial score (nSPS) is 24.6. The van der Waals surface area contributed by atoms with Gasteiger partial charge in [-0.3, -0.25) is 4.90 Å². The number of nitrogens with zero attached hydrogens (tertiary/aromatic N) is 4. The zero-order valence-corrected chi connectivity index (χ0v) is 12.3. The molecule has 0 bridgehead atoms. The summed E-state index contributed by atoms with van der Waals surface area (Å²) < 4.78 is 7.67. The SMILES string of the molecule is Cn1ncnc1-c1ccc(OCC2CN2C2CCC2)cc1. The van der Waals surface area contributed by atoms with Gasteiger partial charge in [0.15, 0.2) is 5.82 Å². The average molecular weight is 284 g/mol. The summed E-state index contributed by atoms with van der Waals surface area (Å²) in [5.41, 5.74) is 1.06. The minimum atomic E-state index is 0.633. The Labute approximate surface area is 124 Å². The Morgan fingerprint density at radius 2 is 2.05 bits per heavy atom. The smallest absolute Gasteiger partial charge is 0.157 e. The van der Waals surface area contributed by atoms with Crippen LogP contribution in [0.25, 0.3) is 11.4 Å².